The molecular weight excluding hydrogens is 254 g/mol. The molecule has 0 aromatic heterocycles. The van der Waals surface area contributed by atoms with Crippen molar-refractivity contribution >= 4 is 11.8 Å². The average molecular weight is 285 g/mol. The Morgan fingerprint density at radius 1 is 1.00 bits per heavy atom. The Morgan fingerprint density at radius 2 is 1.55 bits per heavy atom. The zero-order valence-corrected chi connectivity index (χ0v) is 14.1. The van der Waals surface area contributed by atoms with E-state index in [1.165, 1.54) is 0 Å². The Hall–Kier alpha value is -1.10. The second kappa shape index (κ2) is 7.62. The normalized spacial score (nSPS) is 12.4. The van der Waals surface area contributed by atoms with Crippen LogP contribution in [0.5, 0.6) is 0 Å². The molecule has 0 aliphatic carbocycles. The fourth-order valence-electron chi connectivity index (χ4n) is 2.41. The Labute approximate surface area is 123 Å². The zero-order valence-electron chi connectivity index (χ0n) is 14.1. The lowest BCUT2D eigenvalue weighted by atomic mass is 9.82. The van der Waals surface area contributed by atoms with Crippen LogP contribution in [0.3, 0.4) is 0 Å². The number of hydrogen-bond acceptors (Lipinski definition) is 3. The highest BCUT2D eigenvalue weighted by Crippen LogP contribution is 2.26. The maximum absolute atomic E-state index is 11.8. The topological polar surface area (TPSA) is 61.4 Å². The molecule has 0 radical (unpaired) electrons. The van der Waals surface area contributed by atoms with Crippen molar-refractivity contribution in [1.29, 1.82) is 0 Å². The van der Waals surface area contributed by atoms with Gasteiger partial charge in [0.2, 0.25) is 0 Å². The minimum atomic E-state index is -0.552. The SMILES string of the molecule is CN(C)CCCNC(=O)C(=O)NC(C)(C)CC(C)(C)C. The summed E-state index contributed by atoms with van der Waals surface area (Å²) in [4.78, 5) is 25.6. The van der Waals surface area contributed by atoms with E-state index in [0.29, 0.717) is 6.54 Å². The van der Waals surface area contributed by atoms with E-state index in [9.17, 15) is 9.59 Å². The molecule has 118 valence electrons. The van der Waals surface area contributed by atoms with Crippen molar-refractivity contribution in [3.8, 4) is 0 Å². The van der Waals surface area contributed by atoms with Crippen molar-refractivity contribution < 1.29 is 9.59 Å². The van der Waals surface area contributed by atoms with Gasteiger partial charge in [-0.25, -0.2) is 0 Å². The fourth-order valence-corrected chi connectivity index (χ4v) is 2.41. The third-order valence-corrected chi connectivity index (χ3v) is 2.70. The highest BCUT2D eigenvalue weighted by atomic mass is 16.2. The predicted molar refractivity (Wildman–Crippen MR) is 82.5 cm³/mol. The van der Waals surface area contributed by atoms with Crippen LogP contribution < -0.4 is 10.6 Å². The van der Waals surface area contributed by atoms with Crippen LogP contribution in [0.4, 0.5) is 0 Å². The maximum atomic E-state index is 11.8. The molecule has 0 aromatic rings. The van der Waals surface area contributed by atoms with Crippen LogP contribution in [0.1, 0.15) is 47.5 Å². The van der Waals surface area contributed by atoms with Crippen molar-refractivity contribution in [3.63, 3.8) is 0 Å². The van der Waals surface area contributed by atoms with Crippen LogP contribution in [0.2, 0.25) is 0 Å². The first-order chi connectivity index (χ1) is 8.93. The van der Waals surface area contributed by atoms with Crippen molar-refractivity contribution in [1.82, 2.24) is 15.5 Å². The van der Waals surface area contributed by atoms with E-state index in [2.05, 4.69) is 31.4 Å². The fraction of sp³-hybridized carbons (Fsp3) is 0.867. The third kappa shape index (κ3) is 9.78. The number of nitrogens with one attached hydrogen (secondary N) is 2. The largest absolute Gasteiger partial charge is 0.348 e. The molecule has 2 N–H and O–H groups in total. The number of carbonyl (C=O) groups is 2. The lowest BCUT2D eigenvalue weighted by molar-refractivity contribution is -0.140. The first kappa shape index (κ1) is 18.9. The van der Waals surface area contributed by atoms with Gasteiger partial charge in [0.1, 0.15) is 0 Å². The lowest BCUT2D eigenvalue weighted by Crippen LogP contribution is -2.51. The van der Waals surface area contributed by atoms with Gasteiger partial charge in [-0.3, -0.25) is 9.59 Å². The molecule has 0 fully saturated rings. The molecule has 0 aliphatic heterocycles. The summed E-state index contributed by atoms with van der Waals surface area (Å²) in [7, 11) is 3.95. The second-order valence-electron chi connectivity index (χ2n) is 7.49. The molecule has 5 nitrogen and oxygen atoms in total. The van der Waals surface area contributed by atoms with Crippen LogP contribution in [-0.2, 0) is 9.59 Å². The summed E-state index contributed by atoms with van der Waals surface area (Å²) in [5, 5.41) is 5.45. The number of nitrogens with zero attached hydrogens (tertiary/aromatic N) is 1. The molecule has 0 saturated heterocycles. The number of rotatable bonds is 6. The van der Waals surface area contributed by atoms with E-state index in [4.69, 9.17) is 0 Å². The molecule has 2 amide bonds. The van der Waals surface area contributed by atoms with Gasteiger partial charge in [-0.2, -0.15) is 0 Å². The molecule has 5 heteroatoms. The molecule has 0 bridgehead atoms. The molecule has 0 aromatic carbocycles. The molecule has 0 atom stereocenters. The summed E-state index contributed by atoms with van der Waals surface area (Å²) in [5.74, 6) is -1.10. The molecule has 20 heavy (non-hydrogen) atoms. The van der Waals surface area contributed by atoms with Crippen molar-refractivity contribution in [3.05, 3.63) is 0 Å². The van der Waals surface area contributed by atoms with Crippen molar-refractivity contribution in [2.75, 3.05) is 27.2 Å². The minimum Gasteiger partial charge on any atom is -0.348 e. The van der Waals surface area contributed by atoms with Gasteiger partial charge >= 0.3 is 11.8 Å². The van der Waals surface area contributed by atoms with E-state index in [1.54, 1.807) is 0 Å². The van der Waals surface area contributed by atoms with Crippen LogP contribution in [0.15, 0.2) is 0 Å². The van der Waals surface area contributed by atoms with E-state index in [1.807, 2.05) is 32.8 Å². The smallest absolute Gasteiger partial charge is 0.309 e. The van der Waals surface area contributed by atoms with E-state index in [0.717, 1.165) is 19.4 Å². The maximum Gasteiger partial charge on any atom is 0.309 e. The number of hydrogen-bond donors (Lipinski definition) is 2. The first-order valence-corrected chi connectivity index (χ1v) is 7.18. The van der Waals surface area contributed by atoms with Gasteiger partial charge in [0.25, 0.3) is 0 Å². The quantitative estimate of drug-likeness (QED) is 0.572. The van der Waals surface area contributed by atoms with Crippen LogP contribution >= 0.6 is 0 Å². The summed E-state index contributed by atoms with van der Waals surface area (Å²) in [6, 6.07) is 0. The highest BCUT2D eigenvalue weighted by Gasteiger charge is 2.28. The van der Waals surface area contributed by atoms with Crippen LogP contribution in [0, 0.1) is 5.41 Å². The molecule has 0 unspecified atom stereocenters. The van der Waals surface area contributed by atoms with Crippen molar-refractivity contribution in [2.24, 2.45) is 5.41 Å². The molecule has 0 aliphatic rings. The van der Waals surface area contributed by atoms with Gasteiger partial charge < -0.3 is 15.5 Å². The highest BCUT2D eigenvalue weighted by molar-refractivity contribution is 6.35. The minimum absolute atomic E-state index is 0.0962. The number of amides is 2. The first-order valence-electron chi connectivity index (χ1n) is 7.18. The number of carbonyl (C=O) groups excluding carboxylic acids is 2. The zero-order chi connectivity index (χ0) is 16.0. The molecule has 0 heterocycles. The molecule has 0 rings (SSSR count). The lowest BCUT2D eigenvalue weighted by Gasteiger charge is -2.33. The van der Waals surface area contributed by atoms with Crippen LogP contribution in [0.25, 0.3) is 0 Å². The summed E-state index contributed by atoms with van der Waals surface area (Å²) in [6.45, 7) is 11.6. The van der Waals surface area contributed by atoms with Gasteiger partial charge in [-0.1, -0.05) is 20.8 Å². The second-order valence-corrected chi connectivity index (χ2v) is 7.49. The van der Waals surface area contributed by atoms with E-state index >= 15 is 0 Å². The van der Waals surface area contributed by atoms with Crippen molar-refractivity contribution in [2.45, 2.75) is 53.0 Å². The monoisotopic (exact) mass is 285 g/mol. The summed E-state index contributed by atoms with van der Waals surface area (Å²) < 4.78 is 0. The Morgan fingerprint density at radius 3 is 2.00 bits per heavy atom. The van der Waals surface area contributed by atoms with E-state index in [-0.39, 0.29) is 5.41 Å². The standard InChI is InChI=1S/C15H31N3O2/c1-14(2,3)11-15(4,5)17-13(20)12(19)16-9-8-10-18(6)7/h8-11H2,1-7H3,(H,16,19)(H,17,20). The van der Waals surface area contributed by atoms with Gasteiger partial charge in [-0.05, 0) is 52.7 Å². The van der Waals surface area contributed by atoms with Gasteiger partial charge in [-0.15, -0.1) is 0 Å². The average Bonchev–Trinajstić information content (AvgIpc) is 2.19. The van der Waals surface area contributed by atoms with Gasteiger partial charge in [0.15, 0.2) is 0 Å². The van der Waals surface area contributed by atoms with Gasteiger partial charge in [0, 0.05) is 12.1 Å². The Balaban J connectivity index is 4.16. The molecular formula is C15H31N3O2. The van der Waals surface area contributed by atoms with Gasteiger partial charge in [0.05, 0.1) is 0 Å². The molecule has 0 saturated carbocycles. The summed E-state index contributed by atoms with van der Waals surface area (Å²) in [5.41, 5.74) is -0.296. The Kier molecular flexibility index (Phi) is 7.20. The van der Waals surface area contributed by atoms with Crippen LogP contribution in [-0.4, -0.2) is 49.4 Å². The summed E-state index contributed by atoms with van der Waals surface area (Å²) >= 11 is 0. The van der Waals surface area contributed by atoms with E-state index < -0.39 is 17.4 Å². The summed E-state index contributed by atoms with van der Waals surface area (Å²) in [6.07, 6.45) is 1.64. The predicted octanol–water partition coefficient (Wildman–Crippen LogP) is 1.39. The third-order valence-electron chi connectivity index (χ3n) is 2.70. The Bertz CT molecular complexity index is 331. The molecule has 0 spiro atoms.